The third-order valence-corrected chi connectivity index (χ3v) is 4.14. The minimum absolute atomic E-state index is 0.200. The number of rotatable bonds is 4. The molecule has 0 heterocycles. The number of esters is 2. The number of hydrogen-bond donors (Lipinski definition) is 0. The predicted octanol–water partition coefficient (Wildman–Crippen LogP) is 3.72. The van der Waals surface area contributed by atoms with Crippen molar-refractivity contribution in [3.05, 3.63) is 59.2 Å². The number of aryl methyl sites for hydroxylation is 1. The van der Waals surface area contributed by atoms with Crippen molar-refractivity contribution in [1.29, 1.82) is 0 Å². The lowest BCUT2D eigenvalue weighted by atomic mass is 10.1. The highest BCUT2D eigenvalue weighted by Crippen LogP contribution is 2.33. The zero-order valence-electron chi connectivity index (χ0n) is 12.6. The van der Waals surface area contributed by atoms with Crippen LogP contribution in [0.4, 0.5) is 0 Å². The van der Waals surface area contributed by atoms with E-state index in [4.69, 9.17) is 9.47 Å². The second-order valence-electron chi connectivity index (χ2n) is 4.58. The molecule has 0 bridgehead atoms. The van der Waals surface area contributed by atoms with E-state index in [0.717, 1.165) is 10.5 Å². The molecule has 114 valence electrons. The van der Waals surface area contributed by atoms with E-state index in [-0.39, 0.29) is 11.1 Å². The third kappa shape index (κ3) is 3.49. The molecule has 4 nitrogen and oxygen atoms in total. The molecule has 0 spiro atoms. The number of carbonyl (C=O) groups excluding carboxylic acids is 2. The smallest absolute Gasteiger partial charge is 0.339 e. The fourth-order valence-electron chi connectivity index (χ4n) is 1.94. The zero-order chi connectivity index (χ0) is 16.1. The SMILES string of the molecule is COC(=O)c1cccc(Sc2ccc(C)cc2)c1C(=O)OC. The van der Waals surface area contributed by atoms with Gasteiger partial charge < -0.3 is 9.47 Å². The van der Waals surface area contributed by atoms with Crippen LogP contribution in [0.2, 0.25) is 0 Å². The highest BCUT2D eigenvalue weighted by molar-refractivity contribution is 7.99. The maximum absolute atomic E-state index is 12.1. The molecule has 0 aliphatic carbocycles. The van der Waals surface area contributed by atoms with Crippen molar-refractivity contribution < 1.29 is 19.1 Å². The summed E-state index contributed by atoms with van der Waals surface area (Å²) in [6.45, 7) is 2.01. The van der Waals surface area contributed by atoms with Gasteiger partial charge in [-0.3, -0.25) is 0 Å². The van der Waals surface area contributed by atoms with Crippen LogP contribution in [-0.2, 0) is 9.47 Å². The second-order valence-corrected chi connectivity index (χ2v) is 5.69. The molecule has 2 aromatic carbocycles. The van der Waals surface area contributed by atoms with Gasteiger partial charge in [0.25, 0.3) is 0 Å². The van der Waals surface area contributed by atoms with Gasteiger partial charge in [0.2, 0.25) is 0 Å². The largest absolute Gasteiger partial charge is 0.465 e. The van der Waals surface area contributed by atoms with E-state index in [1.807, 2.05) is 31.2 Å². The van der Waals surface area contributed by atoms with Gasteiger partial charge in [0.1, 0.15) is 0 Å². The van der Waals surface area contributed by atoms with E-state index < -0.39 is 11.9 Å². The van der Waals surface area contributed by atoms with Crippen LogP contribution in [0.25, 0.3) is 0 Å². The minimum atomic E-state index is -0.563. The molecule has 0 atom stereocenters. The normalized spacial score (nSPS) is 10.1. The van der Waals surface area contributed by atoms with Crippen molar-refractivity contribution in [1.82, 2.24) is 0 Å². The van der Waals surface area contributed by atoms with Crippen molar-refractivity contribution in [2.45, 2.75) is 16.7 Å². The zero-order valence-corrected chi connectivity index (χ0v) is 13.4. The van der Waals surface area contributed by atoms with Crippen LogP contribution in [0.5, 0.6) is 0 Å². The number of ether oxygens (including phenoxy) is 2. The van der Waals surface area contributed by atoms with Gasteiger partial charge in [-0.05, 0) is 31.2 Å². The molecule has 2 rings (SSSR count). The van der Waals surface area contributed by atoms with E-state index in [9.17, 15) is 9.59 Å². The Morgan fingerprint density at radius 1 is 0.909 bits per heavy atom. The summed E-state index contributed by atoms with van der Waals surface area (Å²) in [6.07, 6.45) is 0. The fourth-order valence-corrected chi connectivity index (χ4v) is 2.91. The molecule has 0 aliphatic heterocycles. The molecule has 2 aromatic rings. The Bertz CT molecular complexity index is 692. The van der Waals surface area contributed by atoms with Gasteiger partial charge in [-0.25, -0.2) is 9.59 Å². The average Bonchev–Trinajstić information content (AvgIpc) is 2.55. The Hall–Kier alpha value is -2.27. The monoisotopic (exact) mass is 316 g/mol. The van der Waals surface area contributed by atoms with Crippen molar-refractivity contribution in [2.24, 2.45) is 0 Å². The molecule has 0 radical (unpaired) electrons. The summed E-state index contributed by atoms with van der Waals surface area (Å²) >= 11 is 1.40. The Morgan fingerprint density at radius 3 is 2.14 bits per heavy atom. The number of methoxy groups -OCH3 is 2. The van der Waals surface area contributed by atoms with Crippen LogP contribution in [0.1, 0.15) is 26.3 Å². The maximum Gasteiger partial charge on any atom is 0.339 e. The number of benzene rings is 2. The minimum Gasteiger partial charge on any atom is -0.465 e. The molecule has 5 heteroatoms. The summed E-state index contributed by atoms with van der Waals surface area (Å²) in [7, 11) is 2.57. The molecule has 0 amide bonds. The Labute approximate surface area is 133 Å². The van der Waals surface area contributed by atoms with Crippen molar-refractivity contribution >= 4 is 23.7 Å². The first-order valence-corrected chi connectivity index (χ1v) is 7.42. The predicted molar refractivity (Wildman–Crippen MR) is 84.4 cm³/mol. The highest BCUT2D eigenvalue weighted by atomic mass is 32.2. The molecule has 0 saturated heterocycles. The molecule has 0 aliphatic rings. The number of hydrogen-bond acceptors (Lipinski definition) is 5. The summed E-state index contributed by atoms with van der Waals surface area (Å²) in [5.74, 6) is -1.12. The van der Waals surface area contributed by atoms with Crippen LogP contribution in [-0.4, -0.2) is 26.2 Å². The van der Waals surface area contributed by atoms with Gasteiger partial charge in [-0.2, -0.15) is 0 Å². The summed E-state index contributed by atoms with van der Waals surface area (Å²) in [5, 5.41) is 0. The second kappa shape index (κ2) is 7.13. The molecule has 0 unspecified atom stereocenters. The van der Waals surface area contributed by atoms with Gasteiger partial charge in [-0.15, -0.1) is 0 Å². The first-order valence-electron chi connectivity index (χ1n) is 6.61. The van der Waals surface area contributed by atoms with Crippen molar-refractivity contribution in [2.75, 3.05) is 14.2 Å². The summed E-state index contributed by atoms with van der Waals surface area (Å²) in [5.41, 5.74) is 1.58. The molecule has 0 aromatic heterocycles. The van der Waals surface area contributed by atoms with Gasteiger partial charge in [0, 0.05) is 9.79 Å². The lowest BCUT2D eigenvalue weighted by Gasteiger charge is -2.11. The Balaban J connectivity index is 2.48. The van der Waals surface area contributed by atoms with E-state index in [1.165, 1.54) is 26.0 Å². The lowest BCUT2D eigenvalue weighted by Crippen LogP contribution is -2.13. The van der Waals surface area contributed by atoms with Crippen molar-refractivity contribution in [3.63, 3.8) is 0 Å². The van der Waals surface area contributed by atoms with Crippen LogP contribution >= 0.6 is 11.8 Å². The van der Waals surface area contributed by atoms with E-state index >= 15 is 0 Å². The van der Waals surface area contributed by atoms with Gasteiger partial charge in [-0.1, -0.05) is 35.5 Å². The quantitative estimate of drug-likeness (QED) is 0.805. The van der Waals surface area contributed by atoms with Crippen LogP contribution in [0, 0.1) is 6.92 Å². The van der Waals surface area contributed by atoms with Gasteiger partial charge in [0.15, 0.2) is 0 Å². The summed E-state index contributed by atoms with van der Waals surface area (Å²) < 4.78 is 9.55. The Morgan fingerprint density at radius 2 is 1.55 bits per heavy atom. The first kappa shape index (κ1) is 16.1. The van der Waals surface area contributed by atoms with Crippen LogP contribution in [0.3, 0.4) is 0 Å². The maximum atomic E-state index is 12.1. The molecule has 0 saturated carbocycles. The fraction of sp³-hybridized carbons (Fsp3) is 0.176. The van der Waals surface area contributed by atoms with Gasteiger partial charge >= 0.3 is 11.9 Å². The third-order valence-electron chi connectivity index (χ3n) is 3.07. The van der Waals surface area contributed by atoms with E-state index in [1.54, 1.807) is 18.2 Å². The standard InChI is InChI=1S/C17H16O4S/c1-11-7-9-12(10-8-11)22-14-6-4-5-13(16(18)20-2)15(14)17(19)21-3/h4-10H,1-3H3. The highest BCUT2D eigenvalue weighted by Gasteiger charge is 2.22. The molecular formula is C17H16O4S. The molecular weight excluding hydrogens is 300 g/mol. The topological polar surface area (TPSA) is 52.6 Å². The van der Waals surface area contributed by atoms with Crippen LogP contribution < -0.4 is 0 Å². The Kier molecular flexibility index (Phi) is 5.22. The van der Waals surface area contributed by atoms with E-state index in [2.05, 4.69) is 0 Å². The first-order chi connectivity index (χ1) is 10.6. The molecule has 0 N–H and O–H groups in total. The van der Waals surface area contributed by atoms with Gasteiger partial charge in [0.05, 0.1) is 25.3 Å². The summed E-state index contributed by atoms with van der Waals surface area (Å²) in [4.78, 5) is 25.6. The average molecular weight is 316 g/mol. The lowest BCUT2D eigenvalue weighted by molar-refractivity contribution is 0.0552. The number of carbonyl (C=O) groups is 2. The molecule has 0 fully saturated rings. The van der Waals surface area contributed by atoms with Crippen molar-refractivity contribution in [3.8, 4) is 0 Å². The van der Waals surface area contributed by atoms with E-state index in [0.29, 0.717) is 4.90 Å². The molecule has 22 heavy (non-hydrogen) atoms. The van der Waals surface area contributed by atoms with Crippen LogP contribution in [0.15, 0.2) is 52.3 Å². The summed E-state index contributed by atoms with van der Waals surface area (Å²) in [6, 6.07) is 13.0.